The molecule has 1 aromatic rings. The minimum absolute atomic E-state index is 0.306. The van der Waals surface area contributed by atoms with E-state index in [0.717, 1.165) is 0 Å². The molecule has 2 nitrogen and oxygen atoms in total. The molecule has 0 saturated carbocycles. The van der Waals surface area contributed by atoms with Gasteiger partial charge in [-0.25, -0.2) is 0 Å². The average Bonchev–Trinajstić information content (AvgIpc) is 2.50. The zero-order valence-electron chi connectivity index (χ0n) is 5.74. The maximum absolute atomic E-state index is 9.04. The van der Waals surface area contributed by atoms with E-state index >= 15 is 0 Å². The lowest BCUT2D eigenvalue weighted by Crippen LogP contribution is -1.88. The summed E-state index contributed by atoms with van der Waals surface area (Å²) in [6.45, 7) is 0. The first-order valence-corrected chi connectivity index (χ1v) is 2.98. The summed E-state index contributed by atoms with van der Waals surface area (Å²) in [5.41, 5.74) is 0. The highest BCUT2D eigenvalue weighted by molar-refractivity contribution is 5.25. The summed E-state index contributed by atoms with van der Waals surface area (Å²) in [6.07, 6.45) is 8.97. The monoisotopic (exact) mass is 146 g/mol. The Bertz CT molecular complexity index is 322. The molecular formula is C9H6O2. The zero-order valence-corrected chi connectivity index (χ0v) is 5.74. The Morgan fingerprint density at radius 1 is 1.45 bits per heavy atom. The van der Waals surface area contributed by atoms with E-state index in [4.69, 9.17) is 22.4 Å². The summed E-state index contributed by atoms with van der Waals surface area (Å²) in [5.74, 6) is 5.07. The molecule has 0 saturated heterocycles. The lowest BCUT2D eigenvalue weighted by molar-refractivity contribution is 0.205. The first-order chi connectivity index (χ1) is 5.27. The molecule has 0 amide bonds. The van der Waals surface area contributed by atoms with Crippen LogP contribution in [-0.2, 0) is 0 Å². The van der Waals surface area contributed by atoms with Crippen LogP contribution in [-0.4, -0.2) is 5.11 Å². The van der Waals surface area contributed by atoms with E-state index in [1.54, 1.807) is 12.1 Å². The number of furan rings is 1. The molecule has 1 unspecified atom stereocenters. The summed E-state index contributed by atoms with van der Waals surface area (Å²) in [5, 5.41) is 9.04. The van der Waals surface area contributed by atoms with Crippen molar-refractivity contribution in [2.75, 3.05) is 0 Å². The summed E-state index contributed by atoms with van der Waals surface area (Å²) in [4.78, 5) is 0. The highest BCUT2D eigenvalue weighted by atomic mass is 16.4. The van der Waals surface area contributed by atoms with Crippen LogP contribution >= 0.6 is 0 Å². The number of hydrogen-bond acceptors (Lipinski definition) is 2. The van der Waals surface area contributed by atoms with Crippen molar-refractivity contribution in [2.45, 2.75) is 6.10 Å². The second kappa shape index (κ2) is 2.96. The van der Waals surface area contributed by atoms with Crippen LogP contribution in [0, 0.1) is 24.7 Å². The molecule has 0 fully saturated rings. The Labute approximate surface area is 64.8 Å². The Morgan fingerprint density at radius 3 is 2.64 bits per heavy atom. The van der Waals surface area contributed by atoms with Crippen molar-refractivity contribution in [3.05, 3.63) is 23.7 Å². The minimum Gasteiger partial charge on any atom is -0.449 e. The van der Waals surface area contributed by atoms with Crippen molar-refractivity contribution in [2.24, 2.45) is 0 Å². The smallest absolute Gasteiger partial charge is 0.176 e. The summed E-state index contributed by atoms with van der Waals surface area (Å²) in [7, 11) is 0. The molecule has 11 heavy (non-hydrogen) atoms. The van der Waals surface area contributed by atoms with Gasteiger partial charge in [0.2, 0.25) is 0 Å². The first-order valence-electron chi connectivity index (χ1n) is 2.98. The Balaban J connectivity index is 2.93. The molecule has 2 heteroatoms. The van der Waals surface area contributed by atoms with Gasteiger partial charge >= 0.3 is 0 Å². The fourth-order valence-electron chi connectivity index (χ4n) is 0.659. The molecule has 0 radical (unpaired) electrons. The van der Waals surface area contributed by atoms with Gasteiger partial charge in [-0.15, -0.1) is 12.8 Å². The van der Waals surface area contributed by atoms with Crippen molar-refractivity contribution in [3.8, 4) is 24.7 Å². The topological polar surface area (TPSA) is 33.4 Å². The zero-order chi connectivity index (χ0) is 8.27. The van der Waals surface area contributed by atoms with Gasteiger partial charge in [0.1, 0.15) is 5.76 Å². The number of aliphatic hydroxyl groups is 1. The normalized spacial score (nSPS) is 11.5. The lowest BCUT2D eigenvalue weighted by atomic mass is 10.3. The van der Waals surface area contributed by atoms with Gasteiger partial charge < -0.3 is 9.52 Å². The van der Waals surface area contributed by atoms with Crippen LogP contribution < -0.4 is 0 Å². The van der Waals surface area contributed by atoms with Gasteiger partial charge in [-0.2, -0.15) is 0 Å². The third-order valence-electron chi connectivity index (χ3n) is 1.20. The third kappa shape index (κ3) is 1.43. The largest absolute Gasteiger partial charge is 0.449 e. The predicted molar refractivity (Wildman–Crippen MR) is 40.4 cm³/mol. The number of rotatable bonds is 1. The molecule has 1 rings (SSSR count). The van der Waals surface area contributed by atoms with E-state index in [0.29, 0.717) is 11.5 Å². The van der Waals surface area contributed by atoms with Crippen LogP contribution in [0.25, 0.3) is 0 Å². The van der Waals surface area contributed by atoms with Gasteiger partial charge in [-0.3, -0.25) is 0 Å². The summed E-state index contributed by atoms with van der Waals surface area (Å²) in [6, 6.07) is 3.13. The number of aliphatic hydroxyl groups excluding tert-OH is 1. The van der Waals surface area contributed by atoms with Crippen LogP contribution in [0.4, 0.5) is 0 Å². The molecule has 0 spiro atoms. The third-order valence-corrected chi connectivity index (χ3v) is 1.20. The van der Waals surface area contributed by atoms with Crippen LogP contribution in [0.2, 0.25) is 0 Å². The molecule has 1 atom stereocenters. The fraction of sp³-hybridized carbons (Fsp3) is 0.111. The molecule has 0 aliphatic rings. The molecule has 0 aromatic carbocycles. The average molecular weight is 146 g/mol. The van der Waals surface area contributed by atoms with E-state index in [1.165, 1.54) is 0 Å². The van der Waals surface area contributed by atoms with Gasteiger partial charge in [0.25, 0.3) is 0 Å². The number of terminal acetylenes is 2. The highest BCUT2D eigenvalue weighted by Crippen LogP contribution is 2.14. The van der Waals surface area contributed by atoms with Crippen LogP contribution in [0.3, 0.4) is 0 Å². The van der Waals surface area contributed by atoms with Crippen molar-refractivity contribution < 1.29 is 9.52 Å². The first kappa shape index (κ1) is 7.47. The Kier molecular flexibility index (Phi) is 2.01. The fourth-order valence-corrected chi connectivity index (χ4v) is 0.659. The van der Waals surface area contributed by atoms with E-state index in [2.05, 4.69) is 11.8 Å². The van der Waals surface area contributed by atoms with E-state index in [1.807, 2.05) is 0 Å². The predicted octanol–water partition coefficient (Wildman–Crippen LogP) is 0.927. The van der Waals surface area contributed by atoms with Crippen molar-refractivity contribution in [1.29, 1.82) is 0 Å². The van der Waals surface area contributed by atoms with Crippen molar-refractivity contribution in [3.63, 3.8) is 0 Å². The highest BCUT2D eigenvalue weighted by Gasteiger charge is 2.07. The molecule has 54 valence electrons. The van der Waals surface area contributed by atoms with Crippen LogP contribution in [0.5, 0.6) is 0 Å². The summed E-state index contributed by atoms with van der Waals surface area (Å²) < 4.78 is 4.96. The van der Waals surface area contributed by atoms with Crippen LogP contribution in [0.15, 0.2) is 16.5 Å². The molecule has 0 aliphatic heterocycles. The van der Waals surface area contributed by atoms with Gasteiger partial charge in [-0.05, 0) is 18.1 Å². The molecule has 1 aromatic heterocycles. The van der Waals surface area contributed by atoms with Crippen molar-refractivity contribution in [1.82, 2.24) is 0 Å². The molecule has 0 aliphatic carbocycles. The molecular weight excluding hydrogens is 140 g/mol. The van der Waals surface area contributed by atoms with Gasteiger partial charge in [0.15, 0.2) is 11.9 Å². The molecule has 0 bridgehead atoms. The maximum atomic E-state index is 9.04. The van der Waals surface area contributed by atoms with Gasteiger partial charge in [0, 0.05) is 0 Å². The van der Waals surface area contributed by atoms with Crippen molar-refractivity contribution >= 4 is 0 Å². The van der Waals surface area contributed by atoms with Crippen LogP contribution in [0.1, 0.15) is 17.6 Å². The Hall–Kier alpha value is -1.64. The van der Waals surface area contributed by atoms with E-state index in [-0.39, 0.29) is 0 Å². The SMILES string of the molecule is C#Cc1ccc(C(O)C#C)o1. The molecule has 1 N–H and O–H groups in total. The maximum Gasteiger partial charge on any atom is 0.176 e. The lowest BCUT2D eigenvalue weighted by Gasteiger charge is -1.94. The van der Waals surface area contributed by atoms with E-state index < -0.39 is 6.10 Å². The number of hydrogen-bond donors (Lipinski definition) is 1. The standard InChI is InChI=1S/C9H6O2/c1-3-7-5-6-9(11-7)8(10)4-2/h1-2,5-6,8,10H. The second-order valence-electron chi connectivity index (χ2n) is 1.92. The minimum atomic E-state index is -1.00. The molecule has 1 heterocycles. The Morgan fingerprint density at radius 2 is 2.18 bits per heavy atom. The van der Waals surface area contributed by atoms with E-state index in [9.17, 15) is 0 Å². The second-order valence-corrected chi connectivity index (χ2v) is 1.92. The van der Waals surface area contributed by atoms with Gasteiger partial charge in [0.05, 0.1) is 0 Å². The quantitative estimate of drug-likeness (QED) is 0.598. The summed E-state index contributed by atoms with van der Waals surface area (Å²) >= 11 is 0. The van der Waals surface area contributed by atoms with Gasteiger partial charge in [-0.1, -0.05) is 5.92 Å².